The molecule has 1 fully saturated rings. The molecule has 1 aliphatic heterocycles. The van der Waals surface area contributed by atoms with Crippen molar-refractivity contribution in [2.24, 2.45) is 0 Å². The molecule has 0 atom stereocenters. The molecule has 1 heterocycles. The number of urea groups is 1. The number of hydrogen-bond donors (Lipinski definition) is 1. The normalized spacial score (nSPS) is 14.8. The van der Waals surface area contributed by atoms with Gasteiger partial charge in [-0.2, -0.15) is 0 Å². The van der Waals surface area contributed by atoms with Gasteiger partial charge in [-0.1, -0.05) is 18.2 Å². The molecule has 0 unspecified atom stereocenters. The maximum atomic E-state index is 12.7. The van der Waals surface area contributed by atoms with Gasteiger partial charge in [-0.25, -0.2) is 4.79 Å². The van der Waals surface area contributed by atoms with Gasteiger partial charge in [0.2, 0.25) is 0 Å². The second-order valence-corrected chi connectivity index (χ2v) is 4.96. The number of rotatable bonds is 4. The first-order valence-electron chi connectivity index (χ1n) is 7.01. The molecule has 2 amide bonds. The van der Waals surface area contributed by atoms with Gasteiger partial charge >= 0.3 is 12.0 Å². The first-order valence-corrected chi connectivity index (χ1v) is 7.01. The zero-order chi connectivity index (χ0) is 15.2. The van der Waals surface area contributed by atoms with Gasteiger partial charge in [-0.3, -0.25) is 9.69 Å². The number of morpholine rings is 1. The standard InChI is InChI=1S/C15H20N2O4/c1-12-4-2-3-5-13(12)17(7-6-14(18)19)15(20)16-8-10-21-11-9-16/h2-5H,6-11H2,1H3,(H,18,19). The van der Waals surface area contributed by atoms with Crippen LogP contribution in [0.5, 0.6) is 0 Å². The summed E-state index contributed by atoms with van der Waals surface area (Å²) in [5.41, 5.74) is 1.71. The van der Waals surface area contributed by atoms with Gasteiger partial charge in [0.1, 0.15) is 0 Å². The van der Waals surface area contributed by atoms with E-state index in [9.17, 15) is 9.59 Å². The van der Waals surface area contributed by atoms with Crippen molar-refractivity contribution in [3.05, 3.63) is 29.8 Å². The third kappa shape index (κ3) is 3.95. The fourth-order valence-electron chi connectivity index (χ4n) is 2.32. The SMILES string of the molecule is Cc1ccccc1N(CCC(=O)O)C(=O)N1CCOCC1. The summed E-state index contributed by atoms with van der Waals surface area (Å²) in [5, 5.41) is 8.90. The first kappa shape index (κ1) is 15.3. The molecule has 114 valence electrons. The van der Waals surface area contributed by atoms with Crippen molar-refractivity contribution in [1.82, 2.24) is 4.90 Å². The predicted molar refractivity (Wildman–Crippen MR) is 78.6 cm³/mol. The van der Waals surface area contributed by atoms with E-state index in [-0.39, 0.29) is 19.0 Å². The Kier molecular flexibility index (Phi) is 5.16. The van der Waals surface area contributed by atoms with Crippen LogP contribution in [0.15, 0.2) is 24.3 Å². The highest BCUT2D eigenvalue weighted by molar-refractivity contribution is 5.93. The molecule has 6 heteroatoms. The van der Waals surface area contributed by atoms with Crippen LogP contribution in [-0.2, 0) is 9.53 Å². The molecule has 21 heavy (non-hydrogen) atoms. The van der Waals surface area contributed by atoms with Gasteiger partial charge in [0.15, 0.2) is 0 Å². The summed E-state index contributed by atoms with van der Waals surface area (Å²) in [7, 11) is 0. The molecule has 1 aromatic carbocycles. The van der Waals surface area contributed by atoms with E-state index in [0.29, 0.717) is 26.3 Å². The second-order valence-electron chi connectivity index (χ2n) is 4.96. The number of ether oxygens (including phenoxy) is 1. The van der Waals surface area contributed by atoms with E-state index < -0.39 is 5.97 Å². The molecule has 0 saturated carbocycles. The summed E-state index contributed by atoms with van der Waals surface area (Å²) >= 11 is 0. The second kappa shape index (κ2) is 7.08. The fourth-order valence-corrected chi connectivity index (χ4v) is 2.32. The lowest BCUT2D eigenvalue weighted by atomic mass is 10.2. The Balaban J connectivity index is 2.20. The van der Waals surface area contributed by atoms with Gasteiger partial charge in [-0.05, 0) is 18.6 Å². The van der Waals surface area contributed by atoms with Crippen molar-refractivity contribution < 1.29 is 19.4 Å². The van der Waals surface area contributed by atoms with E-state index in [1.165, 1.54) is 0 Å². The van der Waals surface area contributed by atoms with Gasteiger partial charge in [-0.15, -0.1) is 0 Å². The summed E-state index contributed by atoms with van der Waals surface area (Å²) in [6.07, 6.45) is -0.0790. The summed E-state index contributed by atoms with van der Waals surface area (Å²) in [4.78, 5) is 26.8. The van der Waals surface area contributed by atoms with Crippen molar-refractivity contribution >= 4 is 17.7 Å². The van der Waals surface area contributed by atoms with Gasteiger partial charge in [0.05, 0.1) is 19.6 Å². The molecule has 1 aromatic rings. The molecule has 1 aliphatic rings. The third-order valence-corrected chi connectivity index (χ3v) is 3.47. The molecule has 0 spiro atoms. The van der Waals surface area contributed by atoms with Gasteiger partial charge in [0.25, 0.3) is 0 Å². The van der Waals surface area contributed by atoms with Crippen molar-refractivity contribution in [3.63, 3.8) is 0 Å². The lowest BCUT2D eigenvalue weighted by Crippen LogP contribution is -2.49. The molecule has 0 bridgehead atoms. The minimum absolute atomic E-state index is 0.0790. The Morgan fingerprint density at radius 2 is 1.95 bits per heavy atom. The molecule has 0 radical (unpaired) electrons. The van der Waals surface area contributed by atoms with Crippen LogP contribution in [0, 0.1) is 6.92 Å². The Morgan fingerprint density at radius 3 is 2.57 bits per heavy atom. The number of aryl methyl sites for hydroxylation is 1. The Labute approximate surface area is 123 Å². The van der Waals surface area contributed by atoms with Crippen LogP contribution < -0.4 is 4.90 Å². The summed E-state index contributed by atoms with van der Waals surface area (Å²) in [5.74, 6) is -0.914. The van der Waals surface area contributed by atoms with Crippen molar-refractivity contribution in [1.29, 1.82) is 0 Å². The van der Waals surface area contributed by atoms with Crippen molar-refractivity contribution in [2.45, 2.75) is 13.3 Å². The summed E-state index contributed by atoms with van der Waals surface area (Å²) < 4.78 is 5.25. The fraction of sp³-hybridized carbons (Fsp3) is 0.467. The molecule has 1 saturated heterocycles. The average Bonchev–Trinajstić information content (AvgIpc) is 2.49. The lowest BCUT2D eigenvalue weighted by Gasteiger charge is -2.33. The van der Waals surface area contributed by atoms with E-state index in [2.05, 4.69) is 0 Å². The number of carboxylic acid groups (broad SMARTS) is 1. The lowest BCUT2D eigenvalue weighted by molar-refractivity contribution is -0.136. The van der Waals surface area contributed by atoms with Crippen molar-refractivity contribution in [3.8, 4) is 0 Å². The van der Waals surface area contributed by atoms with E-state index in [1.54, 1.807) is 9.80 Å². The summed E-state index contributed by atoms with van der Waals surface area (Å²) in [6, 6.07) is 7.34. The maximum absolute atomic E-state index is 12.7. The quantitative estimate of drug-likeness (QED) is 0.917. The zero-order valence-corrected chi connectivity index (χ0v) is 12.1. The molecule has 6 nitrogen and oxygen atoms in total. The minimum atomic E-state index is -0.914. The maximum Gasteiger partial charge on any atom is 0.324 e. The Bertz CT molecular complexity index is 512. The van der Waals surface area contributed by atoms with Crippen LogP contribution in [-0.4, -0.2) is 54.9 Å². The van der Waals surface area contributed by atoms with Crippen molar-refractivity contribution in [2.75, 3.05) is 37.7 Å². The van der Waals surface area contributed by atoms with E-state index in [0.717, 1.165) is 11.3 Å². The monoisotopic (exact) mass is 292 g/mol. The van der Waals surface area contributed by atoms with Crippen LogP contribution in [0.2, 0.25) is 0 Å². The number of nitrogens with zero attached hydrogens (tertiary/aromatic N) is 2. The predicted octanol–water partition coefficient (Wildman–Crippen LogP) is 1.73. The molecular formula is C15H20N2O4. The zero-order valence-electron chi connectivity index (χ0n) is 12.1. The number of carbonyl (C=O) groups excluding carboxylic acids is 1. The van der Waals surface area contributed by atoms with E-state index >= 15 is 0 Å². The number of carbonyl (C=O) groups is 2. The number of para-hydroxylation sites is 1. The van der Waals surface area contributed by atoms with Crippen LogP contribution in [0.4, 0.5) is 10.5 Å². The Morgan fingerprint density at radius 1 is 1.29 bits per heavy atom. The molecule has 2 rings (SSSR count). The van der Waals surface area contributed by atoms with Crippen LogP contribution in [0.1, 0.15) is 12.0 Å². The van der Waals surface area contributed by atoms with E-state index in [1.807, 2.05) is 31.2 Å². The summed E-state index contributed by atoms with van der Waals surface area (Å²) in [6.45, 7) is 4.19. The smallest absolute Gasteiger partial charge is 0.324 e. The van der Waals surface area contributed by atoms with E-state index in [4.69, 9.17) is 9.84 Å². The number of amides is 2. The highest BCUT2D eigenvalue weighted by Crippen LogP contribution is 2.21. The highest BCUT2D eigenvalue weighted by Gasteiger charge is 2.25. The number of carboxylic acids is 1. The van der Waals surface area contributed by atoms with Crippen LogP contribution in [0.25, 0.3) is 0 Å². The van der Waals surface area contributed by atoms with Gasteiger partial charge < -0.3 is 14.7 Å². The number of anilines is 1. The molecule has 1 N–H and O–H groups in total. The number of hydrogen-bond acceptors (Lipinski definition) is 3. The highest BCUT2D eigenvalue weighted by atomic mass is 16.5. The van der Waals surface area contributed by atoms with Gasteiger partial charge in [0, 0.05) is 25.3 Å². The minimum Gasteiger partial charge on any atom is -0.481 e. The van der Waals surface area contributed by atoms with Crippen LogP contribution >= 0.6 is 0 Å². The average molecular weight is 292 g/mol. The number of benzene rings is 1. The van der Waals surface area contributed by atoms with Crippen LogP contribution in [0.3, 0.4) is 0 Å². The Hall–Kier alpha value is -2.08. The molecule has 0 aliphatic carbocycles. The first-order chi connectivity index (χ1) is 10.1. The largest absolute Gasteiger partial charge is 0.481 e. The third-order valence-electron chi connectivity index (χ3n) is 3.47. The molecular weight excluding hydrogens is 272 g/mol. The number of aliphatic carboxylic acids is 1. The topological polar surface area (TPSA) is 70.1 Å². The molecule has 0 aromatic heterocycles.